The van der Waals surface area contributed by atoms with Gasteiger partial charge in [0.2, 0.25) is 0 Å². The second kappa shape index (κ2) is 4.82. The Kier molecular flexibility index (Phi) is 3.71. The number of methoxy groups -OCH3 is 1. The van der Waals surface area contributed by atoms with Crippen molar-refractivity contribution in [2.45, 2.75) is 19.8 Å². The molecule has 3 heteroatoms. The first-order valence-corrected chi connectivity index (χ1v) is 4.38. The topological polar surface area (TPSA) is 42.4 Å². The molecule has 72 valence electrons. The molecule has 0 spiro atoms. The Bertz CT molecular complexity index is 274. The first kappa shape index (κ1) is 9.99. The average Bonchev–Trinajstić information content (AvgIpc) is 2.11. The van der Waals surface area contributed by atoms with Gasteiger partial charge in [-0.25, -0.2) is 0 Å². The molecule has 0 aliphatic carbocycles. The van der Waals surface area contributed by atoms with Gasteiger partial charge in [-0.15, -0.1) is 0 Å². The maximum Gasteiger partial charge on any atom is 0.137 e. The molecule has 1 aromatic rings. The summed E-state index contributed by atoms with van der Waals surface area (Å²) in [5.41, 5.74) is 1.70. The first-order valence-electron chi connectivity index (χ1n) is 4.38. The third kappa shape index (κ3) is 3.03. The van der Waals surface area contributed by atoms with Crippen LogP contribution < -0.4 is 0 Å². The molecule has 0 fully saturated rings. The summed E-state index contributed by atoms with van der Waals surface area (Å²) in [5, 5.41) is 9.43. The lowest BCUT2D eigenvalue weighted by atomic mass is 10.2. The van der Waals surface area contributed by atoms with Crippen LogP contribution in [0.15, 0.2) is 12.1 Å². The molecule has 13 heavy (non-hydrogen) atoms. The Morgan fingerprint density at radius 1 is 1.46 bits per heavy atom. The molecular weight excluding hydrogens is 166 g/mol. The molecule has 0 atom stereocenters. The van der Waals surface area contributed by atoms with Crippen LogP contribution in [0, 0.1) is 6.92 Å². The predicted octanol–water partition coefficient (Wildman–Crippen LogP) is 1.67. The third-order valence-electron chi connectivity index (χ3n) is 1.85. The molecule has 0 bridgehead atoms. The van der Waals surface area contributed by atoms with Gasteiger partial charge in [0.15, 0.2) is 0 Å². The fourth-order valence-corrected chi connectivity index (χ4v) is 1.17. The molecule has 0 aliphatic heterocycles. The van der Waals surface area contributed by atoms with Crippen LogP contribution in [0.3, 0.4) is 0 Å². The van der Waals surface area contributed by atoms with Crippen molar-refractivity contribution in [2.75, 3.05) is 13.7 Å². The second-order valence-electron chi connectivity index (χ2n) is 3.01. The molecule has 0 radical (unpaired) electrons. The van der Waals surface area contributed by atoms with Crippen molar-refractivity contribution in [1.29, 1.82) is 0 Å². The maximum absolute atomic E-state index is 9.43. The zero-order valence-corrected chi connectivity index (χ0v) is 8.08. The van der Waals surface area contributed by atoms with E-state index < -0.39 is 0 Å². The van der Waals surface area contributed by atoms with Crippen LogP contribution in [0.2, 0.25) is 0 Å². The highest BCUT2D eigenvalue weighted by Gasteiger charge is 2.02. The number of rotatable bonds is 4. The van der Waals surface area contributed by atoms with E-state index in [4.69, 9.17) is 4.74 Å². The van der Waals surface area contributed by atoms with Gasteiger partial charge in [0.25, 0.3) is 0 Å². The Labute approximate surface area is 78.4 Å². The van der Waals surface area contributed by atoms with Crippen LogP contribution in [0.4, 0.5) is 0 Å². The Morgan fingerprint density at radius 2 is 2.23 bits per heavy atom. The number of hydrogen-bond donors (Lipinski definition) is 1. The zero-order valence-electron chi connectivity index (χ0n) is 8.08. The van der Waals surface area contributed by atoms with E-state index in [1.54, 1.807) is 19.2 Å². The van der Waals surface area contributed by atoms with Crippen LogP contribution in [0.1, 0.15) is 17.8 Å². The molecule has 0 unspecified atom stereocenters. The molecule has 1 N–H and O–H groups in total. The number of ether oxygens (including phenoxy) is 1. The summed E-state index contributed by atoms with van der Waals surface area (Å²) in [6.07, 6.45) is 1.65. The molecule has 0 saturated heterocycles. The SMILES string of the molecule is COCCCc1nc(C)ccc1O. The molecule has 0 aromatic carbocycles. The second-order valence-corrected chi connectivity index (χ2v) is 3.01. The number of aromatic hydroxyl groups is 1. The average molecular weight is 181 g/mol. The minimum atomic E-state index is 0.279. The standard InChI is InChI=1S/C10H15NO2/c1-8-5-6-10(12)9(11-8)4-3-7-13-2/h5-6,12H,3-4,7H2,1-2H3. The van der Waals surface area contributed by atoms with Gasteiger partial charge in [0.1, 0.15) is 5.75 Å². The summed E-state index contributed by atoms with van der Waals surface area (Å²) in [4.78, 5) is 4.24. The number of nitrogens with zero attached hydrogens (tertiary/aromatic N) is 1. The highest BCUT2D eigenvalue weighted by atomic mass is 16.5. The van der Waals surface area contributed by atoms with Crippen LogP contribution in [0.5, 0.6) is 5.75 Å². The smallest absolute Gasteiger partial charge is 0.137 e. The molecule has 1 heterocycles. The number of pyridine rings is 1. The maximum atomic E-state index is 9.43. The fraction of sp³-hybridized carbons (Fsp3) is 0.500. The zero-order chi connectivity index (χ0) is 9.68. The lowest BCUT2D eigenvalue weighted by molar-refractivity contribution is 0.194. The molecular formula is C10H15NO2. The van der Waals surface area contributed by atoms with Gasteiger partial charge < -0.3 is 9.84 Å². The van der Waals surface area contributed by atoms with Gasteiger partial charge in [-0.05, 0) is 31.9 Å². The van der Waals surface area contributed by atoms with Gasteiger partial charge >= 0.3 is 0 Å². The van der Waals surface area contributed by atoms with Gasteiger partial charge in [0, 0.05) is 19.4 Å². The Hall–Kier alpha value is -1.09. The van der Waals surface area contributed by atoms with Crippen molar-refractivity contribution < 1.29 is 9.84 Å². The summed E-state index contributed by atoms with van der Waals surface area (Å²) in [6.45, 7) is 2.62. The molecule has 1 rings (SSSR count). The van der Waals surface area contributed by atoms with Crippen molar-refractivity contribution in [3.63, 3.8) is 0 Å². The molecule has 0 aliphatic rings. The van der Waals surface area contributed by atoms with Crippen LogP contribution in [0.25, 0.3) is 0 Å². The van der Waals surface area contributed by atoms with Crippen molar-refractivity contribution in [3.05, 3.63) is 23.5 Å². The van der Waals surface area contributed by atoms with E-state index in [9.17, 15) is 5.11 Å². The van der Waals surface area contributed by atoms with Crippen molar-refractivity contribution in [3.8, 4) is 5.75 Å². The number of aromatic nitrogens is 1. The monoisotopic (exact) mass is 181 g/mol. The molecule has 1 aromatic heterocycles. The molecule has 0 amide bonds. The van der Waals surface area contributed by atoms with E-state index in [2.05, 4.69) is 4.98 Å². The summed E-state index contributed by atoms with van der Waals surface area (Å²) in [7, 11) is 1.67. The van der Waals surface area contributed by atoms with Crippen molar-refractivity contribution in [2.24, 2.45) is 0 Å². The van der Waals surface area contributed by atoms with E-state index >= 15 is 0 Å². The quantitative estimate of drug-likeness (QED) is 0.718. The highest BCUT2D eigenvalue weighted by molar-refractivity contribution is 5.27. The third-order valence-corrected chi connectivity index (χ3v) is 1.85. The van der Waals surface area contributed by atoms with Crippen LogP contribution in [-0.4, -0.2) is 23.8 Å². The minimum Gasteiger partial charge on any atom is -0.506 e. The fourth-order valence-electron chi connectivity index (χ4n) is 1.17. The highest BCUT2D eigenvalue weighted by Crippen LogP contribution is 2.15. The predicted molar refractivity (Wildman–Crippen MR) is 50.8 cm³/mol. The molecule has 0 saturated carbocycles. The van der Waals surface area contributed by atoms with Gasteiger partial charge in [-0.3, -0.25) is 4.98 Å². The minimum absolute atomic E-state index is 0.279. The lowest BCUT2D eigenvalue weighted by Crippen LogP contribution is -1.96. The largest absolute Gasteiger partial charge is 0.506 e. The summed E-state index contributed by atoms with van der Waals surface area (Å²) >= 11 is 0. The van der Waals surface area contributed by atoms with E-state index in [0.717, 1.165) is 24.2 Å². The Balaban J connectivity index is 2.59. The van der Waals surface area contributed by atoms with E-state index in [1.807, 2.05) is 6.92 Å². The van der Waals surface area contributed by atoms with E-state index in [0.29, 0.717) is 6.61 Å². The van der Waals surface area contributed by atoms with Gasteiger partial charge in [-0.1, -0.05) is 0 Å². The van der Waals surface area contributed by atoms with Crippen LogP contribution >= 0.6 is 0 Å². The van der Waals surface area contributed by atoms with Crippen molar-refractivity contribution >= 4 is 0 Å². The summed E-state index contributed by atoms with van der Waals surface area (Å²) in [5.74, 6) is 0.279. The van der Waals surface area contributed by atoms with Gasteiger partial charge in [0.05, 0.1) is 5.69 Å². The van der Waals surface area contributed by atoms with Gasteiger partial charge in [-0.2, -0.15) is 0 Å². The van der Waals surface area contributed by atoms with E-state index in [-0.39, 0.29) is 5.75 Å². The Morgan fingerprint density at radius 3 is 2.92 bits per heavy atom. The van der Waals surface area contributed by atoms with Crippen LogP contribution in [-0.2, 0) is 11.2 Å². The number of aryl methyl sites for hydroxylation is 2. The number of hydrogen-bond acceptors (Lipinski definition) is 3. The normalized spacial score (nSPS) is 10.3. The lowest BCUT2D eigenvalue weighted by Gasteiger charge is -2.03. The summed E-state index contributed by atoms with van der Waals surface area (Å²) < 4.78 is 4.92. The first-order chi connectivity index (χ1) is 6.24. The van der Waals surface area contributed by atoms with E-state index in [1.165, 1.54) is 0 Å². The molecule has 3 nitrogen and oxygen atoms in total. The summed E-state index contributed by atoms with van der Waals surface area (Å²) in [6, 6.07) is 3.49. The van der Waals surface area contributed by atoms with Crippen molar-refractivity contribution in [1.82, 2.24) is 4.98 Å².